The van der Waals surface area contributed by atoms with Gasteiger partial charge in [-0.25, -0.2) is 4.79 Å². The summed E-state index contributed by atoms with van der Waals surface area (Å²) in [4.78, 5) is 31.9. The van der Waals surface area contributed by atoms with Crippen LogP contribution in [0.25, 0.3) is 0 Å². The summed E-state index contributed by atoms with van der Waals surface area (Å²) in [6.07, 6.45) is 4.30. The summed E-state index contributed by atoms with van der Waals surface area (Å²) in [5, 5.41) is 6.84. The SMILES string of the molecule is Cc1cc(CCN2CCN(C(=O)Oc3ccc(NC(=O)c4ccc(CN5CCCCC5)cc4)cc3)CC2)on1. The summed E-state index contributed by atoms with van der Waals surface area (Å²) in [5.74, 6) is 1.17. The number of hydrogen-bond donors (Lipinski definition) is 1. The normalized spacial score (nSPS) is 16.7. The largest absolute Gasteiger partial charge is 0.415 e. The predicted octanol–water partition coefficient (Wildman–Crippen LogP) is 4.58. The van der Waals surface area contributed by atoms with E-state index < -0.39 is 0 Å². The molecule has 1 aromatic heterocycles. The number of carbonyl (C=O) groups excluding carboxylic acids is 2. The van der Waals surface area contributed by atoms with E-state index >= 15 is 0 Å². The number of piperazine rings is 1. The summed E-state index contributed by atoms with van der Waals surface area (Å²) in [6, 6.07) is 16.7. The van der Waals surface area contributed by atoms with Gasteiger partial charge in [0.05, 0.1) is 5.69 Å². The second-order valence-corrected chi connectivity index (χ2v) is 10.4. The average Bonchev–Trinajstić information content (AvgIpc) is 3.39. The predicted molar refractivity (Wildman–Crippen MR) is 149 cm³/mol. The van der Waals surface area contributed by atoms with Crippen molar-refractivity contribution in [3.8, 4) is 5.75 Å². The average molecular weight is 532 g/mol. The Bertz CT molecular complexity index is 1230. The summed E-state index contributed by atoms with van der Waals surface area (Å²) in [7, 11) is 0. The Morgan fingerprint density at radius 2 is 1.62 bits per heavy atom. The molecule has 0 unspecified atom stereocenters. The summed E-state index contributed by atoms with van der Waals surface area (Å²) < 4.78 is 10.8. The molecule has 2 fully saturated rings. The number of benzene rings is 2. The summed E-state index contributed by atoms with van der Waals surface area (Å²) in [6.45, 7) is 8.80. The van der Waals surface area contributed by atoms with E-state index in [1.165, 1.54) is 24.8 Å². The molecule has 9 nitrogen and oxygen atoms in total. The van der Waals surface area contributed by atoms with Crippen LogP contribution in [0.2, 0.25) is 0 Å². The Morgan fingerprint density at radius 1 is 0.897 bits per heavy atom. The third-order valence-electron chi connectivity index (χ3n) is 7.37. The van der Waals surface area contributed by atoms with E-state index in [9.17, 15) is 9.59 Å². The van der Waals surface area contributed by atoms with Crippen molar-refractivity contribution in [1.82, 2.24) is 19.9 Å². The zero-order chi connectivity index (χ0) is 27.0. The lowest BCUT2D eigenvalue weighted by Gasteiger charge is -2.33. The fourth-order valence-corrected chi connectivity index (χ4v) is 5.07. The van der Waals surface area contributed by atoms with Crippen molar-refractivity contribution in [2.45, 2.75) is 39.2 Å². The zero-order valence-corrected chi connectivity index (χ0v) is 22.6. The van der Waals surface area contributed by atoms with Crippen LogP contribution in [0, 0.1) is 6.92 Å². The van der Waals surface area contributed by atoms with Gasteiger partial charge in [-0.15, -0.1) is 0 Å². The number of nitrogens with one attached hydrogen (secondary N) is 1. The molecule has 0 bridgehead atoms. The first kappa shape index (κ1) is 26.9. The number of hydrogen-bond acceptors (Lipinski definition) is 7. The molecule has 206 valence electrons. The number of likely N-dealkylation sites (tertiary alicyclic amines) is 1. The smallest absolute Gasteiger partial charge is 0.410 e. The number of aromatic nitrogens is 1. The molecule has 0 spiro atoms. The fraction of sp³-hybridized carbons (Fsp3) is 0.433. The maximum absolute atomic E-state index is 12.7. The van der Waals surface area contributed by atoms with Crippen LogP contribution in [0.3, 0.4) is 0 Å². The van der Waals surface area contributed by atoms with Crippen molar-refractivity contribution in [2.75, 3.05) is 51.1 Å². The highest BCUT2D eigenvalue weighted by Crippen LogP contribution is 2.19. The Balaban J connectivity index is 1.04. The first-order chi connectivity index (χ1) is 19.0. The number of aryl methyl sites for hydroxylation is 1. The molecule has 39 heavy (non-hydrogen) atoms. The molecule has 0 atom stereocenters. The summed E-state index contributed by atoms with van der Waals surface area (Å²) >= 11 is 0. The van der Waals surface area contributed by atoms with Crippen molar-refractivity contribution in [2.24, 2.45) is 0 Å². The van der Waals surface area contributed by atoms with E-state index in [4.69, 9.17) is 9.26 Å². The minimum absolute atomic E-state index is 0.166. The molecule has 2 saturated heterocycles. The molecule has 5 rings (SSSR count). The van der Waals surface area contributed by atoms with E-state index in [2.05, 4.69) is 20.3 Å². The standard InChI is InChI=1S/C30H37N5O4/c1-23-21-28(39-32-23)13-16-33-17-19-35(20-18-33)30(37)38-27-11-9-26(10-12-27)31-29(36)25-7-5-24(6-8-25)22-34-14-3-2-4-15-34/h5-12,21H,2-4,13-20,22H2,1H3,(H,31,36). The van der Waals surface area contributed by atoms with Crippen LogP contribution < -0.4 is 10.1 Å². The van der Waals surface area contributed by atoms with Crippen LogP contribution >= 0.6 is 0 Å². The van der Waals surface area contributed by atoms with Crippen molar-refractivity contribution in [3.05, 3.63) is 77.2 Å². The van der Waals surface area contributed by atoms with Gasteiger partial charge in [-0.1, -0.05) is 23.7 Å². The molecule has 3 aromatic rings. The van der Waals surface area contributed by atoms with Gasteiger partial charge in [0.25, 0.3) is 5.91 Å². The van der Waals surface area contributed by atoms with E-state index in [1.807, 2.05) is 37.3 Å². The molecular formula is C30H37N5O4. The Kier molecular flexibility index (Phi) is 8.90. The molecule has 2 aromatic carbocycles. The van der Waals surface area contributed by atoms with E-state index in [0.717, 1.165) is 57.1 Å². The Morgan fingerprint density at radius 3 is 2.28 bits per heavy atom. The minimum Gasteiger partial charge on any atom is -0.410 e. The van der Waals surface area contributed by atoms with Gasteiger partial charge < -0.3 is 19.5 Å². The van der Waals surface area contributed by atoms with Crippen LogP contribution in [-0.2, 0) is 13.0 Å². The number of nitrogens with zero attached hydrogens (tertiary/aromatic N) is 4. The van der Waals surface area contributed by atoms with Crippen molar-refractivity contribution < 1.29 is 18.8 Å². The third kappa shape index (κ3) is 7.68. The Hall–Kier alpha value is -3.69. The highest BCUT2D eigenvalue weighted by atomic mass is 16.6. The first-order valence-corrected chi connectivity index (χ1v) is 13.9. The van der Waals surface area contributed by atoms with Gasteiger partial charge in [0.1, 0.15) is 11.5 Å². The van der Waals surface area contributed by atoms with E-state index in [0.29, 0.717) is 30.1 Å². The highest BCUT2D eigenvalue weighted by molar-refractivity contribution is 6.04. The van der Waals surface area contributed by atoms with Crippen LogP contribution in [0.1, 0.15) is 46.6 Å². The molecule has 2 aliphatic heterocycles. The second kappa shape index (κ2) is 12.9. The molecule has 3 heterocycles. The molecule has 0 radical (unpaired) electrons. The van der Waals surface area contributed by atoms with E-state index in [-0.39, 0.29) is 12.0 Å². The number of ether oxygens (including phenoxy) is 1. The third-order valence-corrected chi connectivity index (χ3v) is 7.37. The molecule has 0 saturated carbocycles. The number of rotatable bonds is 8. The summed E-state index contributed by atoms with van der Waals surface area (Å²) in [5.41, 5.74) is 3.37. The lowest BCUT2D eigenvalue weighted by Crippen LogP contribution is -2.49. The minimum atomic E-state index is -0.359. The molecule has 2 aliphatic rings. The molecule has 2 amide bonds. The van der Waals surface area contributed by atoms with Crippen molar-refractivity contribution in [1.29, 1.82) is 0 Å². The van der Waals surface area contributed by atoms with Gasteiger partial charge in [0.15, 0.2) is 0 Å². The van der Waals surface area contributed by atoms with Gasteiger partial charge in [0, 0.05) is 63.0 Å². The van der Waals surface area contributed by atoms with Crippen molar-refractivity contribution in [3.63, 3.8) is 0 Å². The van der Waals surface area contributed by atoms with Gasteiger partial charge >= 0.3 is 6.09 Å². The van der Waals surface area contributed by atoms with Crippen molar-refractivity contribution >= 4 is 17.7 Å². The van der Waals surface area contributed by atoms with Crippen LogP contribution in [0.4, 0.5) is 10.5 Å². The van der Waals surface area contributed by atoms with E-state index in [1.54, 1.807) is 29.2 Å². The fourth-order valence-electron chi connectivity index (χ4n) is 5.07. The van der Waals surface area contributed by atoms with Gasteiger partial charge in [-0.05, 0) is 74.8 Å². The number of anilines is 1. The van der Waals surface area contributed by atoms with Gasteiger partial charge in [-0.3, -0.25) is 14.6 Å². The second-order valence-electron chi connectivity index (χ2n) is 10.4. The van der Waals surface area contributed by atoms with Crippen LogP contribution in [0.15, 0.2) is 59.1 Å². The zero-order valence-electron chi connectivity index (χ0n) is 22.6. The lowest BCUT2D eigenvalue weighted by atomic mass is 10.1. The quantitative estimate of drug-likeness (QED) is 0.455. The maximum atomic E-state index is 12.7. The monoisotopic (exact) mass is 531 g/mol. The van der Waals surface area contributed by atoms with Gasteiger partial charge in [-0.2, -0.15) is 0 Å². The number of piperidine rings is 1. The highest BCUT2D eigenvalue weighted by Gasteiger charge is 2.23. The molecule has 1 N–H and O–H groups in total. The van der Waals surface area contributed by atoms with Gasteiger partial charge in [0.2, 0.25) is 0 Å². The number of carbonyl (C=O) groups is 2. The lowest BCUT2D eigenvalue weighted by molar-refractivity contribution is 0.102. The first-order valence-electron chi connectivity index (χ1n) is 13.9. The van der Waals surface area contributed by atoms with Crippen LogP contribution in [0.5, 0.6) is 5.75 Å². The number of amides is 2. The topological polar surface area (TPSA) is 91.2 Å². The van der Waals surface area contributed by atoms with Crippen LogP contribution in [-0.4, -0.2) is 77.7 Å². The maximum Gasteiger partial charge on any atom is 0.415 e. The molecule has 0 aliphatic carbocycles. The molecular weight excluding hydrogens is 494 g/mol. The Labute approximate surface area is 229 Å². The molecule has 9 heteroatoms.